The smallest absolute Gasteiger partial charge is 0.171 e. The second-order valence-electron chi connectivity index (χ2n) is 4.60. The molecule has 3 rings (SSSR count). The molecule has 98 valence electrons. The molecule has 0 saturated carbocycles. The number of morpholine rings is 1. The lowest BCUT2D eigenvalue weighted by molar-refractivity contribution is 0.0533. The van der Waals surface area contributed by atoms with Crippen molar-refractivity contribution < 1.29 is 9.13 Å². The molecule has 0 spiro atoms. The van der Waals surface area contributed by atoms with Gasteiger partial charge in [0.2, 0.25) is 0 Å². The summed E-state index contributed by atoms with van der Waals surface area (Å²) in [7, 11) is 0. The minimum Gasteiger partial charge on any atom is -0.375 e. The second-order valence-corrected chi connectivity index (χ2v) is 4.60. The molecular formula is C13H13FN4O. The van der Waals surface area contributed by atoms with Gasteiger partial charge in [0.05, 0.1) is 24.6 Å². The molecule has 0 aromatic carbocycles. The summed E-state index contributed by atoms with van der Waals surface area (Å²) >= 11 is 0. The Morgan fingerprint density at radius 1 is 1.53 bits per heavy atom. The number of fused-ring (bicyclic) bond motifs is 1. The number of hydrogen-bond acceptors (Lipinski definition) is 4. The van der Waals surface area contributed by atoms with Crippen molar-refractivity contribution in [3.8, 4) is 6.07 Å². The van der Waals surface area contributed by atoms with E-state index >= 15 is 0 Å². The third-order valence-electron chi connectivity index (χ3n) is 3.29. The fraction of sp³-hybridized carbons (Fsp3) is 0.385. The minimum absolute atomic E-state index is 0.107. The summed E-state index contributed by atoms with van der Waals surface area (Å²) in [6.07, 6.45) is 1.25. The van der Waals surface area contributed by atoms with Crippen LogP contribution in [0.5, 0.6) is 0 Å². The van der Waals surface area contributed by atoms with Crippen molar-refractivity contribution >= 4 is 11.2 Å². The first-order valence-electron chi connectivity index (χ1n) is 6.13. The van der Waals surface area contributed by atoms with Gasteiger partial charge < -0.3 is 9.64 Å². The Kier molecular flexibility index (Phi) is 2.84. The minimum atomic E-state index is -0.411. The van der Waals surface area contributed by atoms with Gasteiger partial charge in [-0.1, -0.05) is 0 Å². The van der Waals surface area contributed by atoms with Crippen molar-refractivity contribution in [2.24, 2.45) is 0 Å². The van der Waals surface area contributed by atoms with E-state index in [4.69, 9.17) is 10.00 Å². The van der Waals surface area contributed by atoms with Crippen LogP contribution < -0.4 is 4.90 Å². The highest BCUT2D eigenvalue weighted by Crippen LogP contribution is 2.26. The van der Waals surface area contributed by atoms with Crippen LogP contribution in [0.15, 0.2) is 18.3 Å². The number of pyridine rings is 1. The maximum absolute atomic E-state index is 13.9. The highest BCUT2D eigenvalue weighted by Gasteiger charge is 2.21. The zero-order valence-electron chi connectivity index (χ0n) is 10.5. The fourth-order valence-electron chi connectivity index (χ4n) is 2.43. The first-order valence-corrected chi connectivity index (χ1v) is 6.13. The summed E-state index contributed by atoms with van der Waals surface area (Å²) in [6.45, 7) is 4.01. The van der Waals surface area contributed by atoms with Crippen LogP contribution in [-0.4, -0.2) is 35.4 Å². The maximum Gasteiger partial charge on any atom is 0.171 e. The molecule has 19 heavy (non-hydrogen) atoms. The van der Waals surface area contributed by atoms with Crippen LogP contribution in [0.4, 0.5) is 10.1 Å². The van der Waals surface area contributed by atoms with Gasteiger partial charge in [-0.25, -0.2) is 8.91 Å². The van der Waals surface area contributed by atoms with E-state index in [1.807, 2.05) is 13.0 Å². The molecule has 6 heteroatoms. The Balaban J connectivity index is 2.14. The molecule has 2 aromatic heterocycles. The van der Waals surface area contributed by atoms with Gasteiger partial charge in [-0.3, -0.25) is 0 Å². The van der Waals surface area contributed by atoms with Crippen molar-refractivity contribution in [2.75, 3.05) is 24.6 Å². The molecule has 0 aliphatic carbocycles. The van der Waals surface area contributed by atoms with Gasteiger partial charge in [0.25, 0.3) is 0 Å². The third kappa shape index (κ3) is 1.92. The maximum atomic E-state index is 13.9. The molecule has 0 unspecified atom stereocenters. The SMILES string of the molecule is C[C@@H]1CN(c2ccc(C#N)n3ncc(F)c23)CCO1. The average molecular weight is 260 g/mol. The zero-order chi connectivity index (χ0) is 13.4. The summed E-state index contributed by atoms with van der Waals surface area (Å²) < 4.78 is 20.8. The lowest BCUT2D eigenvalue weighted by Gasteiger charge is -2.33. The van der Waals surface area contributed by atoms with Crippen LogP contribution in [0, 0.1) is 17.1 Å². The fourth-order valence-corrected chi connectivity index (χ4v) is 2.43. The van der Waals surface area contributed by atoms with Crippen LogP contribution in [0.2, 0.25) is 0 Å². The number of nitriles is 1. The molecule has 0 radical (unpaired) electrons. The van der Waals surface area contributed by atoms with Gasteiger partial charge >= 0.3 is 0 Å². The number of ether oxygens (including phenoxy) is 1. The second kappa shape index (κ2) is 4.52. The molecule has 0 bridgehead atoms. The molecule has 1 aliphatic rings. The van der Waals surface area contributed by atoms with Crippen molar-refractivity contribution in [2.45, 2.75) is 13.0 Å². The lowest BCUT2D eigenvalue weighted by Crippen LogP contribution is -2.41. The molecule has 1 atom stereocenters. The lowest BCUT2D eigenvalue weighted by atomic mass is 10.2. The Hall–Kier alpha value is -2.13. The summed E-state index contributed by atoms with van der Waals surface area (Å²) in [5.74, 6) is -0.411. The predicted molar refractivity (Wildman–Crippen MR) is 67.5 cm³/mol. The van der Waals surface area contributed by atoms with Crippen molar-refractivity contribution in [1.82, 2.24) is 9.61 Å². The molecule has 5 nitrogen and oxygen atoms in total. The number of nitrogens with zero attached hydrogens (tertiary/aromatic N) is 4. The van der Waals surface area contributed by atoms with Crippen LogP contribution in [-0.2, 0) is 4.74 Å². The van der Waals surface area contributed by atoms with E-state index in [1.54, 1.807) is 12.1 Å². The number of rotatable bonds is 1. The van der Waals surface area contributed by atoms with Crippen LogP contribution in [0.3, 0.4) is 0 Å². The molecule has 1 saturated heterocycles. The van der Waals surface area contributed by atoms with Gasteiger partial charge in [0.15, 0.2) is 5.82 Å². The first kappa shape index (κ1) is 11.9. The van der Waals surface area contributed by atoms with E-state index in [1.165, 1.54) is 4.52 Å². The van der Waals surface area contributed by atoms with Gasteiger partial charge in [0.1, 0.15) is 17.3 Å². The van der Waals surface area contributed by atoms with Gasteiger partial charge in [-0.2, -0.15) is 10.4 Å². The van der Waals surface area contributed by atoms with E-state index in [2.05, 4.69) is 10.00 Å². The Morgan fingerprint density at radius 3 is 3.11 bits per heavy atom. The van der Waals surface area contributed by atoms with Crippen LogP contribution in [0.25, 0.3) is 5.52 Å². The van der Waals surface area contributed by atoms with Gasteiger partial charge in [-0.15, -0.1) is 0 Å². The van der Waals surface area contributed by atoms with Gasteiger partial charge in [0, 0.05) is 13.1 Å². The summed E-state index contributed by atoms with van der Waals surface area (Å²) in [4.78, 5) is 2.06. The average Bonchev–Trinajstić information content (AvgIpc) is 2.80. The largest absolute Gasteiger partial charge is 0.375 e. The number of halogens is 1. The number of anilines is 1. The number of hydrogen-bond donors (Lipinski definition) is 0. The molecule has 0 amide bonds. The summed E-state index contributed by atoms with van der Waals surface area (Å²) in [5.41, 5.74) is 1.43. The van der Waals surface area contributed by atoms with E-state index in [0.29, 0.717) is 30.9 Å². The molecule has 2 aromatic rings. The van der Waals surface area contributed by atoms with Crippen molar-refractivity contribution in [3.63, 3.8) is 0 Å². The number of aromatic nitrogens is 2. The van der Waals surface area contributed by atoms with Crippen molar-refractivity contribution in [3.05, 3.63) is 29.8 Å². The zero-order valence-corrected chi connectivity index (χ0v) is 10.5. The third-order valence-corrected chi connectivity index (χ3v) is 3.29. The normalized spacial score (nSPS) is 19.6. The van der Waals surface area contributed by atoms with Gasteiger partial charge in [-0.05, 0) is 19.1 Å². The topological polar surface area (TPSA) is 53.6 Å². The van der Waals surface area contributed by atoms with E-state index in [0.717, 1.165) is 11.9 Å². The predicted octanol–water partition coefficient (Wildman–Crippen LogP) is 1.57. The Morgan fingerprint density at radius 2 is 2.37 bits per heavy atom. The Bertz CT molecular complexity index is 660. The molecule has 1 aliphatic heterocycles. The Labute approximate surface area is 109 Å². The highest BCUT2D eigenvalue weighted by atomic mass is 19.1. The standard InChI is InChI=1S/C13H13FN4O/c1-9-8-17(4-5-19-9)12-3-2-10(6-15)18-13(12)11(14)7-16-18/h2-3,7,9H,4-5,8H2,1H3/t9-/m1/s1. The summed E-state index contributed by atoms with van der Waals surface area (Å²) in [6, 6.07) is 5.45. The van der Waals surface area contributed by atoms with E-state index < -0.39 is 5.82 Å². The quantitative estimate of drug-likeness (QED) is 0.781. The highest BCUT2D eigenvalue weighted by molar-refractivity contribution is 5.74. The molecule has 1 fully saturated rings. The van der Waals surface area contributed by atoms with Crippen LogP contribution >= 0.6 is 0 Å². The molecule has 3 heterocycles. The monoisotopic (exact) mass is 260 g/mol. The van der Waals surface area contributed by atoms with E-state index in [-0.39, 0.29) is 6.10 Å². The van der Waals surface area contributed by atoms with Crippen LogP contribution in [0.1, 0.15) is 12.6 Å². The molecular weight excluding hydrogens is 247 g/mol. The first-order chi connectivity index (χ1) is 9.20. The van der Waals surface area contributed by atoms with E-state index in [9.17, 15) is 4.39 Å². The van der Waals surface area contributed by atoms with Crippen molar-refractivity contribution in [1.29, 1.82) is 5.26 Å². The molecule has 0 N–H and O–H groups in total. The summed E-state index contributed by atoms with van der Waals surface area (Å²) in [5, 5.41) is 12.9.